The maximum atomic E-state index is 11.6. The number of carbonyl (C=O) groups is 1. The van der Waals surface area contributed by atoms with Crippen molar-refractivity contribution < 1.29 is 4.79 Å². The van der Waals surface area contributed by atoms with Gasteiger partial charge in [-0.3, -0.25) is 4.79 Å². The van der Waals surface area contributed by atoms with Gasteiger partial charge in [0.25, 0.3) is 0 Å². The van der Waals surface area contributed by atoms with E-state index in [1.165, 1.54) is 10.8 Å². The first-order chi connectivity index (χ1) is 8.29. The Balaban J connectivity index is 2.11. The molecule has 0 spiro atoms. The third-order valence-electron chi connectivity index (χ3n) is 2.79. The van der Waals surface area contributed by atoms with Gasteiger partial charge in [-0.2, -0.15) is 0 Å². The highest BCUT2D eigenvalue weighted by Gasteiger charge is 2.03. The van der Waals surface area contributed by atoms with Crippen LogP contribution < -0.4 is 5.32 Å². The second-order valence-electron chi connectivity index (χ2n) is 4.18. The summed E-state index contributed by atoms with van der Waals surface area (Å²) in [4.78, 5) is 11.6. The van der Waals surface area contributed by atoms with Crippen LogP contribution in [0.15, 0.2) is 42.5 Å². The fourth-order valence-corrected chi connectivity index (χ4v) is 1.90. The van der Waals surface area contributed by atoms with Gasteiger partial charge in [-0.15, -0.1) is 0 Å². The molecule has 0 aromatic heterocycles. The molecule has 0 aliphatic rings. The molecule has 0 atom stereocenters. The highest BCUT2D eigenvalue weighted by atomic mass is 16.1. The van der Waals surface area contributed by atoms with Gasteiger partial charge in [0, 0.05) is 6.42 Å². The van der Waals surface area contributed by atoms with Gasteiger partial charge in [-0.05, 0) is 22.9 Å². The van der Waals surface area contributed by atoms with Crippen LogP contribution in [-0.4, -0.2) is 18.9 Å². The molecule has 88 valence electrons. The topological polar surface area (TPSA) is 29.1 Å². The van der Waals surface area contributed by atoms with Crippen LogP contribution in [0.3, 0.4) is 0 Å². The zero-order chi connectivity index (χ0) is 12.1. The van der Waals surface area contributed by atoms with Crippen molar-refractivity contribution in [1.29, 1.82) is 0 Å². The molecule has 2 nitrogen and oxygen atoms in total. The van der Waals surface area contributed by atoms with Crippen LogP contribution >= 0.6 is 0 Å². The second kappa shape index (κ2) is 5.60. The first-order valence-corrected chi connectivity index (χ1v) is 5.99. The van der Waals surface area contributed by atoms with Gasteiger partial charge in [0.15, 0.2) is 5.78 Å². The van der Waals surface area contributed by atoms with E-state index in [0.717, 1.165) is 12.1 Å². The summed E-state index contributed by atoms with van der Waals surface area (Å²) in [6, 6.07) is 14.4. The molecule has 0 bridgehead atoms. The Hall–Kier alpha value is -1.67. The number of likely N-dealkylation sites (N-methyl/N-ethyl adjacent to an activating group) is 1. The summed E-state index contributed by atoms with van der Waals surface area (Å²) in [6.45, 7) is 3.30. The number of Topliss-reactive ketones (excluding diaryl/α,β-unsaturated/α-hetero) is 1. The first-order valence-electron chi connectivity index (χ1n) is 5.99. The van der Waals surface area contributed by atoms with Crippen LogP contribution in [0.4, 0.5) is 0 Å². The largest absolute Gasteiger partial charge is 0.310 e. The van der Waals surface area contributed by atoms with Gasteiger partial charge in [0.05, 0.1) is 6.54 Å². The van der Waals surface area contributed by atoms with Gasteiger partial charge in [-0.1, -0.05) is 49.4 Å². The average molecular weight is 227 g/mol. The summed E-state index contributed by atoms with van der Waals surface area (Å²) < 4.78 is 0. The molecule has 0 fully saturated rings. The predicted molar refractivity (Wildman–Crippen MR) is 71.2 cm³/mol. The number of nitrogens with one attached hydrogen (secondary N) is 1. The maximum Gasteiger partial charge on any atom is 0.150 e. The lowest BCUT2D eigenvalue weighted by molar-refractivity contribution is -0.117. The Labute approximate surface area is 102 Å². The zero-order valence-electron chi connectivity index (χ0n) is 10.1. The van der Waals surface area contributed by atoms with Crippen LogP contribution in [0.2, 0.25) is 0 Å². The highest BCUT2D eigenvalue weighted by molar-refractivity contribution is 5.86. The van der Waals surface area contributed by atoms with Crippen LogP contribution in [0.1, 0.15) is 12.5 Å². The van der Waals surface area contributed by atoms with E-state index in [1.54, 1.807) is 0 Å². The highest BCUT2D eigenvalue weighted by Crippen LogP contribution is 2.15. The van der Waals surface area contributed by atoms with Gasteiger partial charge < -0.3 is 5.32 Å². The van der Waals surface area contributed by atoms with E-state index in [2.05, 4.69) is 29.6 Å². The average Bonchev–Trinajstić information content (AvgIpc) is 2.36. The van der Waals surface area contributed by atoms with Crippen molar-refractivity contribution >= 4 is 16.6 Å². The van der Waals surface area contributed by atoms with Crippen molar-refractivity contribution in [1.82, 2.24) is 5.32 Å². The van der Waals surface area contributed by atoms with Crippen molar-refractivity contribution in [3.8, 4) is 0 Å². The van der Waals surface area contributed by atoms with Crippen LogP contribution in [0, 0.1) is 0 Å². The molecule has 0 saturated heterocycles. The molecule has 0 saturated carbocycles. The van der Waals surface area contributed by atoms with Gasteiger partial charge in [0.2, 0.25) is 0 Å². The number of hydrogen-bond donors (Lipinski definition) is 1. The molecule has 0 amide bonds. The fraction of sp³-hybridized carbons (Fsp3) is 0.267. The van der Waals surface area contributed by atoms with E-state index in [1.807, 2.05) is 25.1 Å². The molecule has 0 unspecified atom stereocenters. The van der Waals surface area contributed by atoms with Crippen molar-refractivity contribution in [2.75, 3.05) is 13.1 Å². The minimum Gasteiger partial charge on any atom is -0.310 e. The number of rotatable bonds is 5. The number of carbonyl (C=O) groups excluding carboxylic acids is 1. The molecule has 0 radical (unpaired) electrons. The van der Waals surface area contributed by atoms with E-state index >= 15 is 0 Å². The molecule has 0 heterocycles. The Bertz CT molecular complexity index is 519. The quantitative estimate of drug-likeness (QED) is 0.850. The van der Waals surface area contributed by atoms with E-state index in [9.17, 15) is 4.79 Å². The smallest absolute Gasteiger partial charge is 0.150 e. The lowest BCUT2D eigenvalue weighted by Gasteiger charge is -2.04. The van der Waals surface area contributed by atoms with Gasteiger partial charge in [0.1, 0.15) is 0 Å². The minimum absolute atomic E-state index is 0.238. The fourth-order valence-electron chi connectivity index (χ4n) is 1.90. The summed E-state index contributed by atoms with van der Waals surface area (Å²) in [5.74, 6) is 0.238. The number of hydrogen-bond acceptors (Lipinski definition) is 2. The lowest BCUT2D eigenvalue weighted by atomic mass is 10.0. The summed E-state index contributed by atoms with van der Waals surface area (Å²) >= 11 is 0. The number of ketones is 1. The van der Waals surface area contributed by atoms with E-state index < -0.39 is 0 Å². The summed E-state index contributed by atoms with van der Waals surface area (Å²) in [7, 11) is 0. The number of benzene rings is 2. The van der Waals surface area contributed by atoms with Crippen LogP contribution in [0.5, 0.6) is 0 Å². The third kappa shape index (κ3) is 3.14. The van der Waals surface area contributed by atoms with Crippen molar-refractivity contribution in [2.24, 2.45) is 0 Å². The molecule has 2 aromatic rings. The van der Waals surface area contributed by atoms with Gasteiger partial charge >= 0.3 is 0 Å². The summed E-state index contributed by atoms with van der Waals surface area (Å²) in [6.07, 6.45) is 0.512. The SMILES string of the molecule is CCNCC(=O)Cc1ccc2ccccc2c1. The summed E-state index contributed by atoms with van der Waals surface area (Å²) in [5, 5.41) is 5.47. The van der Waals surface area contributed by atoms with Crippen molar-refractivity contribution in [3.05, 3.63) is 48.0 Å². The summed E-state index contributed by atoms with van der Waals surface area (Å²) in [5.41, 5.74) is 1.09. The monoisotopic (exact) mass is 227 g/mol. The lowest BCUT2D eigenvalue weighted by Crippen LogP contribution is -2.23. The predicted octanol–water partition coefficient (Wildman–Crippen LogP) is 2.56. The van der Waals surface area contributed by atoms with Gasteiger partial charge in [-0.25, -0.2) is 0 Å². The number of fused-ring (bicyclic) bond motifs is 1. The molecule has 2 rings (SSSR count). The molecule has 2 heteroatoms. The molecule has 2 aromatic carbocycles. The molecular weight excluding hydrogens is 210 g/mol. The Kier molecular flexibility index (Phi) is 3.89. The maximum absolute atomic E-state index is 11.6. The van der Waals surface area contributed by atoms with Crippen LogP contribution in [-0.2, 0) is 11.2 Å². The Morgan fingerprint density at radius 1 is 1.12 bits per heavy atom. The molecule has 1 N–H and O–H groups in total. The Morgan fingerprint density at radius 2 is 1.88 bits per heavy atom. The molecular formula is C15H17NO. The van der Waals surface area contributed by atoms with E-state index in [-0.39, 0.29) is 5.78 Å². The van der Waals surface area contributed by atoms with Crippen LogP contribution in [0.25, 0.3) is 10.8 Å². The minimum atomic E-state index is 0.238. The third-order valence-corrected chi connectivity index (χ3v) is 2.79. The molecule has 17 heavy (non-hydrogen) atoms. The Morgan fingerprint density at radius 3 is 2.65 bits per heavy atom. The second-order valence-corrected chi connectivity index (χ2v) is 4.18. The normalized spacial score (nSPS) is 10.6. The standard InChI is InChI=1S/C15H17NO/c1-2-16-11-15(17)10-12-7-8-13-5-3-4-6-14(13)9-12/h3-9,16H,2,10-11H2,1H3. The van der Waals surface area contributed by atoms with Crippen molar-refractivity contribution in [2.45, 2.75) is 13.3 Å². The molecule has 0 aliphatic carbocycles. The van der Waals surface area contributed by atoms with Crippen molar-refractivity contribution in [3.63, 3.8) is 0 Å². The van der Waals surface area contributed by atoms with E-state index in [0.29, 0.717) is 13.0 Å². The van der Waals surface area contributed by atoms with E-state index in [4.69, 9.17) is 0 Å². The zero-order valence-corrected chi connectivity index (χ0v) is 10.1. The first kappa shape index (κ1) is 11.8. The molecule has 0 aliphatic heterocycles.